The van der Waals surface area contributed by atoms with Crippen molar-refractivity contribution in [3.8, 4) is 0 Å². The summed E-state index contributed by atoms with van der Waals surface area (Å²) in [6.07, 6.45) is 0.485. The maximum absolute atomic E-state index is 13.3. The molecule has 0 unspecified atom stereocenters. The molecule has 0 aliphatic rings. The van der Waals surface area contributed by atoms with Gasteiger partial charge in [-0.3, -0.25) is 14.3 Å². The lowest BCUT2D eigenvalue weighted by molar-refractivity contribution is -0.116. The van der Waals surface area contributed by atoms with Gasteiger partial charge in [0.1, 0.15) is 5.82 Å². The van der Waals surface area contributed by atoms with Crippen LogP contribution in [0.25, 0.3) is 0 Å². The molecule has 0 bridgehead atoms. The van der Waals surface area contributed by atoms with E-state index in [-0.39, 0.29) is 30.5 Å². The molecule has 2 amide bonds. The SMILES string of the molecule is O=C(CCCNC(=O)c1ccc(F)cc1)Nc1ccc(NS(=O)(=O)c2ccc(F)c(F)c2)cc1. The van der Waals surface area contributed by atoms with E-state index in [2.05, 4.69) is 15.4 Å². The second kappa shape index (κ2) is 10.8. The van der Waals surface area contributed by atoms with Crippen molar-refractivity contribution in [2.24, 2.45) is 0 Å². The van der Waals surface area contributed by atoms with E-state index in [1.54, 1.807) is 0 Å². The smallest absolute Gasteiger partial charge is 0.261 e. The minimum atomic E-state index is -4.13. The second-order valence-corrected chi connectivity index (χ2v) is 8.86. The fourth-order valence-corrected chi connectivity index (χ4v) is 3.93. The molecule has 7 nitrogen and oxygen atoms in total. The first-order valence-corrected chi connectivity index (χ1v) is 11.5. The number of sulfonamides is 1. The van der Waals surface area contributed by atoms with Gasteiger partial charge in [0.05, 0.1) is 4.90 Å². The molecule has 178 valence electrons. The Morgan fingerprint density at radius 2 is 1.44 bits per heavy atom. The third kappa shape index (κ3) is 6.82. The summed E-state index contributed by atoms with van der Waals surface area (Å²) in [5.74, 6) is -3.57. The molecule has 0 fully saturated rings. The minimum absolute atomic E-state index is 0.119. The van der Waals surface area contributed by atoms with Crippen molar-refractivity contribution in [2.45, 2.75) is 17.7 Å². The Morgan fingerprint density at radius 3 is 2.09 bits per heavy atom. The van der Waals surface area contributed by atoms with E-state index in [1.807, 2.05) is 0 Å². The highest BCUT2D eigenvalue weighted by atomic mass is 32.2. The molecule has 11 heteroatoms. The quantitative estimate of drug-likeness (QED) is 0.393. The molecule has 0 heterocycles. The molecule has 0 saturated heterocycles. The van der Waals surface area contributed by atoms with Gasteiger partial charge in [-0.1, -0.05) is 0 Å². The fraction of sp³-hybridized carbons (Fsp3) is 0.130. The van der Waals surface area contributed by atoms with Crippen LogP contribution in [0.5, 0.6) is 0 Å². The van der Waals surface area contributed by atoms with Crippen molar-refractivity contribution in [3.63, 3.8) is 0 Å². The van der Waals surface area contributed by atoms with E-state index in [9.17, 15) is 31.2 Å². The van der Waals surface area contributed by atoms with Crippen molar-refractivity contribution < 1.29 is 31.2 Å². The van der Waals surface area contributed by atoms with Crippen LogP contribution in [0, 0.1) is 17.5 Å². The Hall–Kier alpha value is -3.86. The summed E-state index contributed by atoms with van der Waals surface area (Å²) in [6.45, 7) is 0.244. The number of carbonyl (C=O) groups is 2. The van der Waals surface area contributed by atoms with E-state index >= 15 is 0 Å². The standard InChI is InChI=1S/C23H20F3N3O4S/c24-16-5-3-15(4-6-16)23(31)27-13-1-2-22(30)28-17-7-9-18(10-8-17)29-34(32,33)19-11-12-20(25)21(26)14-19/h3-12,14,29H,1-2,13H2,(H,27,31)(H,28,30). The first-order valence-electron chi connectivity index (χ1n) is 10.1. The molecule has 3 aromatic carbocycles. The summed E-state index contributed by atoms with van der Waals surface area (Å²) in [5, 5.41) is 5.28. The number of halogens is 3. The third-order valence-corrected chi connectivity index (χ3v) is 5.97. The average Bonchev–Trinajstić information content (AvgIpc) is 2.80. The zero-order chi connectivity index (χ0) is 24.7. The lowest BCUT2D eigenvalue weighted by atomic mass is 10.2. The van der Waals surface area contributed by atoms with Gasteiger partial charge in [0, 0.05) is 29.9 Å². The molecule has 34 heavy (non-hydrogen) atoms. The Morgan fingerprint density at radius 1 is 0.794 bits per heavy atom. The van der Waals surface area contributed by atoms with Crippen LogP contribution in [-0.2, 0) is 14.8 Å². The summed E-state index contributed by atoms with van der Waals surface area (Å²) in [6, 6.07) is 13.1. The number of hydrogen-bond acceptors (Lipinski definition) is 4. The number of carbonyl (C=O) groups excluding carboxylic acids is 2. The van der Waals surface area contributed by atoms with Crippen molar-refractivity contribution in [2.75, 3.05) is 16.6 Å². The van der Waals surface area contributed by atoms with Crippen LogP contribution in [-0.4, -0.2) is 26.8 Å². The van der Waals surface area contributed by atoms with Gasteiger partial charge in [0.25, 0.3) is 15.9 Å². The summed E-state index contributed by atoms with van der Waals surface area (Å²) in [7, 11) is -4.13. The molecule has 0 spiro atoms. The highest BCUT2D eigenvalue weighted by Crippen LogP contribution is 2.20. The van der Waals surface area contributed by atoms with Crippen LogP contribution in [0.4, 0.5) is 24.5 Å². The monoisotopic (exact) mass is 491 g/mol. The van der Waals surface area contributed by atoms with Gasteiger partial charge in [-0.2, -0.15) is 0 Å². The van der Waals surface area contributed by atoms with Gasteiger partial charge in [0.2, 0.25) is 5.91 Å². The van der Waals surface area contributed by atoms with Gasteiger partial charge < -0.3 is 10.6 Å². The Balaban J connectivity index is 1.45. The molecule has 3 N–H and O–H groups in total. The molecule has 3 aromatic rings. The van der Waals surface area contributed by atoms with Crippen LogP contribution in [0.15, 0.2) is 71.6 Å². The van der Waals surface area contributed by atoms with Gasteiger partial charge in [-0.25, -0.2) is 21.6 Å². The van der Waals surface area contributed by atoms with Crippen molar-refractivity contribution in [1.29, 1.82) is 0 Å². The molecule has 0 saturated carbocycles. The van der Waals surface area contributed by atoms with Crippen LogP contribution < -0.4 is 15.4 Å². The van der Waals surface area contributed by atoms with Gasteiger partial charge >= 0.3 is 0 Å². The normalized spacial score (nSPS) is 11.0. The molecule has 3 rings (SSSR count). The van der Waals surface area contributed by atoms with E-state index in [0.29, 0.717) is 23.7 Å². The summed E-state index contributed by atoms with van der Waals surface area (Å²) in [5.41, 5.74) is 0.883. The van der Waals surface area contributed by atoms with Gasteiger partial charge in [0.15, 0.2) is 11.6 Å². The Labute approximate surface area is 194 Å². The predicted octanol–water partition coefficient (Wildman–Crippen LogP) is 4.05. The van der Waals surface area contributed by atoms with Crippen LogP contribution >= 0.6 is 0 Å². The molecule has 0 aliphatic carbocycles. The number of benzene rings is 3. The van der Waals surface area contributed by atoms with Crippen LogP contribution in [0.2, 0.25) is 0 Å². The van der Waals surface area contributed by atoms with Crippen LogP contribution in [0.3, 0.4) is 0 Å². The fourth-order valence-electron chi connectivity index (χ4n) is 2.86. The molecule has 0 aromatic heterocycles. The van der Waals surface area contributed by atoms with E-state index in [1.165, 1.54) is 48.5 Å². The van der Waals surface area contributed by atoms with E-state index in [0.717, 1.165) is 12.1 Å². The largest absolute Gasteiger partial charge is 0.352 e. The number of amides is 2. The molecular formula is C23H20F3N3O4S. The van der Waals surface area contributed by atoms with Crippen molar-refractivity contribution in [1.82, 2.24) is 5.32 Å². The zero-order valence-corrected chi connectivity index (χ0v) is 18.5. The highest BCUT2D eigenvalue weighted by molar-refractivity contribution is 7.92. The maximum Gasteiger partial charge on any atom is 0.261 e. The summed E-state index contributed by atoms with van der Waals surface area (Å²) >= 11 is 0. The zero-order valence-electron chi connectivity index (χ0n) is 17.6. The third-order valence-electron chi connectivity index (χ3n) is 4.59. The number of anilines is 2. The van der Waals surface area contributed by atoms with E-state index in [4.69, 9.17) is 0 Å². The second-order valence-electron chi connectivity index (χ2n) is 7.17. The van der Waals surface area contributed by atoms with Crippen molar-refractivity contribution >= 4 is 33.2 Å². The molecule has 0 atom stereocenters. The number of nitrogens with one attached hydrogen (secondary N) is 3. The van der Waals surface area contributed by atoms with Crippen LogP contribution in [0.1, 0.15) is 23.2 Å². The predicted molar refractivity (Wildman–Crippen MR) is 120 cm³/mol. The summed E-state index contributed by atoms with van der Waals surface area (Å²) < 4.78 is 66.1. The maximum atomic E-state index is 13.3. The van der Waals surface area contributed by atoms with E-state index < -0.39 is 32.4 Å². The molecular weight excluding hydrogens is 471 g/mol. The molecule has 0 radical (unpaired) electrons. The van der Waals surface area contributed by atoms with Gasteiger partial charge in [-0.15, -0.1) is 0 Å². The topological polar surface area (TPSA) is 104 Å². The first kappa shape index (κ1) is 24.8. The van der Waals surface area contributed by atoms with Crippen molar-refractivity contribution in [3.05, 3.63) is 89.7 Å². The summed E-state index contributed by atoms with van der Waals surface area (Å²) in [4.78, 5) is 23.6. The lowest BCUT2D eigenvalue weighted by Gasteiger charge is -2.10. The highest BCUT2D eigenvalue weighted by Gasteiger charge is 2.17. The Bertz CT molecular complexity index is 1280. The minimum Gasteiger partial charge on any atom is -0.352 e. The Kier molecular flexibility index (Phi) is 7.90. The lowest BCUT2D eigenvalue weighted by Crippen LogP contribution is -2.25. The number of rotatable bonds is 9. The molecule has 0 aliphatic heterocycles. The van der Waals surface area contributed by atoms with Gasteiger partial charge in [-0.05, 0) is 73.2 Å². The number of hydrogen-bond donors (Lipinski definition) is 3. The first-order chi connectivity index (χ1) is 16.1. The average molecular weight is 491 g/mol.